The molecule has 0 unspecified atom stereocenters. The predicted molar refractivity (Wildman–Crippen MR) is 124 cm³/mol. The summed E-state index contributed by atoms with van der Waals surface area (Å²) in [5.74, 6) is 1.31. The SMILES string of the molecule is CCCCCCCCCCCc1nc(-c2ccc(CNC(=O)OC(C)(C)C)cc2)no1. The molecule has 1 N–H and O–H groups in total. The molecule has 0 fully saturated rings. The summed E-state index contributed by atoms with van der Waals surface area (Å²) >= 11 is 0. The van der Waals surface area contributed by atoms with Crippen molar-refractivity contribution in [2.24, 2.45) is 0 Å². The second kappa shape index (κ2) is 13.1. The number of carbonyl (C=O) groups excluding carboxylic acids is 1. The van der Waals surface area contributed by atoms with Crippen molar-refractivity contribution in [3.63, 3.8) is 0 Å². The minimum absolute atomic E-state index is 0.408. The summed E-state index contributed by atoms with van der Waals surface area (Å²) in [6.07, 6.45) is 12.1. The van der Waals surface area contributed by atoms with E-state index in [4.69, 9.17) is 9.26 Å². The molecule has 0 atom stereocenters. The second-order valence-corrected chi connectivity index (χ2v) is 9.14. The van der Waals surface area contributed by atoms with Gasteiger partial charge < -0.3 is 14.6 Å². The Morgan fingerprint density at radius 1 is 0.968 bits per heavy atom. The molecule has 1 amide bonds. The predicted octanol–water partition coefficient (Wildman–Crippen LogP) is 6.83. The lowest BCUT2D eigenvalue weighted by Gasteiger charge is -2.19. The van der Waals surface area contributed by atoms with Crippen molar-refractivity contribution in [2.45, 2.75) is 104 Å². The largest absolute Gasteiger partial charge is 0.444 e. The molecule has 0 aliphatic rings. The average Bonchev–Trinajstić information content (AvgIpc) is 3.19. The molecule has 0 saturated heterocycles. The highest BCUT2D eigenvalue weighted by atomic mass is 16.6. The number of alkyl carbamates (subject to hydrolysis) is 1. The van der Waals surface area contributed by atoms with Crippen LogP contribution in [-0.4, -0.2) is 21.8 Å². The van der Waals surface area contributed by atoms with Gasteiger partial charge in [0.05, 0.1) is 0 Å². The molecule has 0 radical (unpaired) electrons. The minimum Gasteiger partial charge on any atom is -0.444 e. The summed E-state index contributed by atoms with van der Waals surface area (Å²) in [5, 5.41) is 6.87. The number of amides is 1. The van der Waals surface area contributed by atoms with Gasteiger partial charge in [-0.2, -0.15) is 4.98 Å². The van der Waals surface area contributed by atoms with Crippen molar-refractivity contribution >= 4 is 6.09 Å². The summed E-state index contributed by atoms with van der Waals surface area (Å²) < 4.78 is 10.7. The Kier molecular flexibility index (Phi) is 10.5. The number of aromatic nitrogens is 2. The zero-order valence-electron chi connectivity index (χ0n) is 19.7. The summed E-state index contributed by atoms with van der Waals surface area (Å²) in [5.41, 5.74) is 1.38. The van der Waals surface area contributed by atoms with Crippen LogP contribution in [0.25, 0.3) is 11.4 Å². The van der Waals surface area contributed by atoms with Gasteiger partial charge in [-0.05, 0) is 32.8 Å². The minimum atomic E-state index is -0.501. The quantitative estimate of drug-likeness (QED) is 0.353. The van der Waals surface area contributed by atoms with E-state index in [9.17, 15) is 4.79 Å². The molecule has 0 spiro atoms. The molecule has 0 bridgehead atoms. The normalized spacial score (nSPS) is 11.5. The molecule has 1 aromatic carbocycles. The van der Waals surface area contributed by atoms with E-state index in [1.807, 2.05) is 45.0 Å². The van der Waals surface area contributed by atoms with Gasteiger partial charge in [0, 0.05) is 18.5 Å². The molecule has 2 aromatic rings. The lowest BCUT2D eigenvalue weighted by Crippen LogP contribution is -2.32. The molecule has 172 valence electrons. The van der Waals surface area contributed by atoms with Crippen LogP contribution < -0.4 is 5.32 Å². The summed E-state index contributed by atoms with van der Waals surface area (Å²) in [4.78, 5) is 16.3. The fraction of sp³-hybridized carbons (Fsp3) is 0.640. The molecule has 6 nitrogen and oxygen atoms in total. The molecule has 0 aliphatic heterocycles. The number of nitrogens with zero attached hydrogens (tertiary/aromatic N) is 2. The molecule has 0 saturated carbocycles. The number of nitrogens with one attached hydrogen (secondary N) is 1. The van der Waals surface area contributed by atoms with Crippen molar-refractivity contribution in [1.29, 1.82) is 0 Å². The van der Waals surface area contributed by atoms with Crippen molar-refractivity contribution < 1.29 is 14.1 Å². The monoisotopic (exact) mass is 429 g/mol. The Morgan fingerprint density at radius 3 is 2.19 bits per heavy atom. The lowest BCUT2D eigenvalue weighted by atomic mass is 10.1. The van der Waals surface area contributed by atoms with Gasteiger partial charge in [-0.3, -0.25) is 0 Å². The first-order chi connectivity index (χ1) is 14.9. The van der Waals surface area contributed by atoms with E-state index in [-0.39, 0.29) is 0 Å². The Labute approximate surface area is 187 Å². The number of benzene rings is 1. The highest BCUT2D eigenvalue weighted by Crippen LogP contribution is 2.18. The van der Waals surface area contributed by atoms with Crippen molar-refractivity contribution in [3.05, 3.63) is 35.7 Å². The molecular formula is C25H39N3O3. The van der Waals surface area contributed by atoms with Crippen molar-refractivity contribution in [3.8, 4) is 11.4 Å². The number of rotatable bonds is 13. The van der Waals surface area contributed by atoms with Gasteiger partial charge in [0.1, 0.15) is 5.60 Å². The van der Waals surface area contributed by atoms with Gasteiger partial charge in [-0.1, -0.05) is 87.7 Å². The Hall–Kier alpha value is -2.37. The Bertz CT molecular complexity index is 763. The van der Waals surface area contributed by atoms with Gasteiger partial charge in [0.15, 0.2) is 0 Å². The van der Waals surface area contributed by atoms with Gasteiger partial charge in [0.2, 0.25) is 11.7 Å². The van der Waals surface area contributed by atoms with E-state index in [1.165, 1.54) is 51.4 Å². The lowest BCUT2D eigenvalue weighted by molar-refractivity contribution is 0.0523. The first-order valence-corrected chi connectivity index (χ1v) is 11.8. The highest BCUT2D eigenvalue weighted by molar-refractivity contribution is 5.67. The van der Waals surface area contributed by atoms with Gasteiger partial charge in [0.25, 0.3) is 0 Å². The molecular weight excluding hydrogens is 390 g/mol. The second-order valence-electron chi connectivity index (χ2n) is 9.14. The molecule has 1 heterocycles. The van der Waals surface area contributed by atoms with E-state index >= 15 is 0 Å². The van der Waals surface area contributed by atoms with Gasteiger partial charge in [-0.15, -0.1) is 0 Å². The van der Waals surface area contributed by atoms with Gasteiger partial charge in [-0.25, -0.2) is 4.79 Å². The van der Waals surface area contributed by atoms with E-state index in [2.05, 4.69) is 22.4 Å². The van der Waals surface area contributed by atoms with Crippen LogP contribution in [0.3, 0.4) is 0 Å². The van der Waals surface area contributed by atoms with Crippen LogP contribution in [0.15, 0.2) is 28.8 Å². The Balaban J connectivity index is 1.68. The fourth-order valence-corrected chi connectivity index (χ4v) is 3.32. The third kappa shape index (κ3) is 10.5. The molecule has 6 heteroatoms. The molecule has 31 heavy (non-hydrogen) atoms. The highest BCUT2D eigenvalue weighted by Gasteiger charge is 2.15. The summed E-state index contributed by atoms with van der Waals surface area (Å²) in [6, 6.07) is 7.78. The third-order valence-corrected chi connectivity index (χ3v) is 5.01. The van der Waals surface area contributed by atoms with Crippen molar-refractivity contribution in [1.82, 2.24) is 15.5 Å². The number of aryl methyl sites for hydroxylation is 1. The Morgan fingerprint density at radius 2 is 1.58 bits per heavy atom. The summed E-state index contributed by atoms with van der Waals surface area (Å²) in [7, 11) is 0. The molecule has 1 aromatic heterocycles. The molecule has 0 aliphatic carbocycles. The first kappa shape index (κ1) is 24.9. The van der Waals surface area contributed by atoms with E-state index < -0.39 is 11.7 Å². The van der Waals surface area contributed by atoms with E-state index in [0.29, 0.717) is 18.3 Å². The average molecular weight is 430 g/mol. The summed E-state index contributed by atoms with van der Waals surface area (Å²) in [6.45, 7) is 8.19. The van der Waals surface area contributed by atoms with Crippen LogP contribution in [0, 0.1) is 0 Å². The number of ether oxygens (including phenoxy) is 1. The van der Waals surface area contributed by atoms with Crippen molar-refractivity contribution in [2.75, 3.05) is 0 Å². The number of unbranched alkanes of at least 4 members (excludes halogenated alkanes) is 8. The van der Waals surface area contributed by atoms with Gasteiger partial charge >= 0.3 is 6.09 Å². The van der Waals surface area contributed by atoms with Crippen LogP contribution in [0.1, 0.15) is 96.9 Å². The molecule has 2 rings (SSSR count). The topological polar surface area (TPSA) is 77.2 Å². The van der Waals surface area contributed by atoms with E-state index in [0.717, 1.165) is 24.0 Å². The standard InChI is InChI=1S/C25H39N3O3/c1-5-6-7-8-9-10-11-12-13-14-22-27-23(28-31-22)21-17-15-20(16-18-21)19-26-24(29)30-25(2,3)4/h15-18H,5-14,19H2,1-4H3,(H,26,29). The smallest absolute Gasteiger partial charge is 0.407 e. The third-order valence-electron chi connectivity index (χ3n) is 5.01. The maximum absolute atomic E-state index is 11.8. The van der Waals surface area contributed by atoms with Crippen LogP contribution in [0.4, 0.5) is 4.79 Å². The number of carbonyl (C=O) groups is 1. The zero-order chi connectivity index (χ0) is 22.5. The zero-order valence-corrected chi connectivity index (χ0v) is 19.7. The van der Waals surface area contributed by atoms with Crippen LogP contribution in [0.5, 0.6) is 0 Å². The first-order valence-electron chi connectivity index (χ1n) is 11.8. The number of hydrogen-bond acceptors (Lipinski definition) is 5. The van der Waals surface area contributed by atoms with Crippen LogP contribution >= 0.6 is 0 Å². The van der Waals surface area contributed by atoms with E-state index in [1.54, 1.807) is 0 Å². The maximum atomic E-state index is 11.8. The van der Waals surface area contributed by atoms with Crippen LogP contribution in [0.2, 0.25) is 0 Å². The fourth-order valence-electron chi connectivity index (χ4n) is 3.32. The maximum Gasteiger partial charge on any atom is 0.407 e. The number of hydrogen-bond donors (Lipinski definition) is 1. The van der Waals surface area contributed by atoms with Crippen LogP contribution in [-0.2, 0) is 17.7 Å².